The lowest BCUT2D eigenvalue weighted by molar-refractivity contribution is -0.163. The zero-order valence-corrected chi connectivity index (χ0v) is 18.7. The van der Waals surface area contributed by atoms with E-state index in [0.29, 0.717) is 29.7 Å². The predicted octanol–water partition coefficient (Wildman–Crippen LogP) is 3.16. The second-order valence-corrected chi connectivity index (χ2v) is 9.39. The van der Waals surface area contributed by atoms with Gasteiger partial charge in [-0.3, -0.25) is 14.5 Å². The summed E-state index contributed by atoms with van der Waals surface area (Å²) in [4.78, 5) is 27.4. The first-order valence-electron chi connectivity index (χ1n) is 10.3. The van der Waals surface area contributed by atoms with E-state index in [0.717, 1.165) is 24.2 Å². The Labute approximate surface area is 178 Å². The van der Waals surface area contributed by atoms with Gasteiger partial charge < -0.3 is 10.8 Å². The fraction of sp³-hybridized carbons (Fsp3) is 0.565. The molecule has 1 amide bonds. The fourth-order valence-corrected chi connectivity index (χ4v) is 5.94. The van der Waals surface area contributed by atoms with Crippen LogP contribution in [0.3, 0.4) is 0 Å². The van der Waals surface area contributed by atoms with Crippen molar-refractivity contribution in [3.63, 3.8) is 0 Å². The number of allylic oxidation sites excluding steroid dienone is 1. The van der Waals surface area contributed by atoms with Crippen LogP contribution in [0.4, 0.5) is 0 Å². The maximum atomic E-state index is 12.6. The van der Waals surface area contributed by atoms with Crippen molar-refractivity contribution in [1.29, 1.82) is 0 Å². The third kappa shape index (κ3) is 3.56. The number of aryl methyl sites for hydroxylation is 1. The average molecular weight is 417 g/mol. The minimum Gasteiger partial charge on any atom is -0.387 e. The average Bonchev–Trinajstić information content (AvgIpc) is 2.63. The summed E-state index contributed by atoms with van der Waals surface area (Å²) in [5, 5.41) is 12.1. The van der Waals surface area contributed by atoms with Crippen molar-refractivity contribution >= 4 is 24.3 Å². The highest BCUT2D eigenvalue weighted by Gasteiger charge is 2.61. The van der Waals surface area contributed by atoms with Gasteiger partial charge in [0.15, 0.2) is 0 Å². The molecule has 2 aliphatic rings. The Morgan fingerprint density at radius 3 is 2.69 bits per heavy atom. The Hall–Kier alpha value is -1.63. The van der Waals surface area contributed by atoms with Crippen molar-refractivity contribution in [1.82, 2.24) is 4.90 Å². The van der Waals surface area contributed by atoms with Gasteiger partial charge in [-0.25, -0.2) is 0 Å². The van der Waals surface area contributed by atoms with Crippen LogP contribution < -0.4 is 5.73 Å². The standard InChI is InChI=1S/C23H32N2O3S/c1-14(2)8-11-25-12-10-22(13-17(26)7-9-23(22,28)16(25)4)19-15(3)5-6-18(20(19)29)21(24)27/h5-6,8,16,28-29H,7,9-13H2,1-4H3,(H2,24,27)/t16-,22-,23-/m1/s1. The number of Topliss-reactive ketones (excluding diaryl/α,β-unsaturated/α-hetero) is 1. The Bertz CT molecular complexity index is 877. The lowest BCUT2D eigenvalue weighted by Crippen LogP contribution is -2.70. The number of nitrogens with two attached hydrogens (primary N) is 1. The van der Waals surface area contributed by atoms with Crippen molar-refractivity contribution in [3.8, 4) is 0 Å². The number of hydrogen-bond donors (Lipinski definition) is 3. The van der Waals surface area contributed by atoms with Crippen LogP contribution in [0.25, 0.3) is 0 Å². The molecule has 1 aliphatic carbocycles. The molecule has 1 aromatic carbocycles. The van der Waals surface area contributed by atoms with Gasteiger partial charge in [0.2, 0.25) is 5.91 Å². The second-order valence-electron chi connectivity index (χ2n) is 8.94. The molecule has 3 atom stereocenters. The van der Waals surface area contributed by atoms with E-state index in [-0.39, 0.29) is 18.2 Å². The summed E-state index contributed by atoms with van der Waals surface area (Å²) < 4.78 is 0. The first-order valence-corrected chi connectivity index (χ1v) is 10.7. The molecule has 1 heterocycles. The molecule has 0 bridgehead atoms. The Morgan fingerprint density at radius 1 is 1.38 bits per heavy atom. The van der Waals surface area contributed by atoms with Crippen LogP contribution >= 0.6 is 12.6 Å². The van der Waals surface area contributed by atoms with Gasteiger partial charge in [-0.2, -0.15) is 0 Å². The van der Waals surface area contributed by atoms with Gasteiger partial charge in [-0.1, -0.05) is 17.7 Å². The number of rotatable bonds is 4. The van der Waals surface area contributed by atoms with E-state index in [1.807, 2.05) is 19.9 Å². The van der Waals surface area contributed by atoms with Crippen molar-refractivity contribution in [2.45, 2.75) is 75.3 Å². The first kappa shape index (κ1) is 22.1. The number of piperidine rings is 1. The molecule has 0 aromatic heterocycles. The van der Waals surface area contributed by atoms with Gasteiger partial charge in [0.1, 0.15) is 5.78 Å². The van der Waals surface area contributed by atoms with Crippen molar-refractivity contribution < 1.29 is 14.7 Å². The largest absolute Gasteiger partial charge is 0.387 e. The van der Waals surface area contributed by atoms with E-state index in [2.05, 4.69) is 37.5 Å². The number of ketones is 1. The number of likely N-dealkylation sites (tertiary alicyclic amines) is 1. The molecule has 0 unspecified atom stereocenters. The summed E-state index contributed by atoms with van der Waals surface area (Å²) in [7, 11) is 0. The number of fused-ring (bicyclic) bond motifs is 1. The Kier molecular flexibility index (Phi) is 6.01. The second kappa shape index (κ2) is 7.89. The molecule has 3 rings (SSSR count). The van der Waals surface area contributed by atoms with E-state index in [1.165, 1.54) is 5.57 Å². The lowest BCUT2D eigenvalue weighted by atomic mass is 9.53. The molecule has 29 heavy (non-hydrogen) atoms. The molecular formula is C23H32N2O3S. The molecule has 6 heteroatoms. The van der Waals surface area contributed by atoms with Gasteiger partial charge >= 0.3 is 0 Å². The van der Waals surface area contributed by atoms with Crippen LogP contribution in [0.15, 0.2) is 28.7 Å². The summed E-state index contributed by atoms with van der Waals surface area (Å²) in [5.74, 6) is -0.399. The highest BCUT2D eigenvalue weighted by Crippen LogP contribution is 2.55. The van der Waals surface area contributed by atoms with Crippen molar-refractivity contribution in [2.75, 3.05) is 13.1 Å². The van der Waals surface area contributed by atoms with E-state index < -0.39 is 16.9 Å². The van der Waals surface area contributed by atoms with Crippen LogP contribution in [0, 0.1) is 6.92 Å². The van der Waals surface area contributed by atoms with Crippen LogP contribution in [0.2, 0.25) is 0 Å². The van der Waals surface area contributed by atoms with Gasteiger partial charge in [0.05, 0.1) is 11.2 Å². The van der Waals surface area contributed by atoms with E-state index in [4.69, 9.17) is 5.73 Å². The van der Waals surface area contributed by atoms with Gasteiger partial charge in [0, 0.05) is 35.7 Å². The Morgan fingerprint density at radius 2 is 2.07 bits per heavy atom. The van der Waals surface area contributed by atoms with Crippen LogP contribution in [0.5, 0.6) is 0 Å². The number of thiol groups is 1. The summed E-state index contributed by atoms with van der Waals surface area (Å²) in [6, 6.07) is 3.39. The normalized spacial score (nSPS) is 30.0. The first-order chi connectivity index (χ1) is 13.5. The topological polar surface area (TPSA) is 83.6 Å². The summed E-state index contributed by atoms with van der Waals surface area (Å²) in [6.07, 6.45) is 3.85. The number of benzene rings is 1. The minimum absolute atomic E-state index is 0.135. The maximum Gasteiger partial charge on any atom is 0.249 e. The quantitative estimate of drug-likeness (QED) is 0.520. The molecule has 1 saturated heterocycles. The third-order valence-electron chi connectivity index (χ3n) is 7.04. The maximum absolute atomic E-state index is 12.6. The molecule has 5 nitrogen and oxygen atoms in total. The highest BCUT2D eigenvalue weighted by atomic mass is 32.1. The minimum atomic E-state index is -1.09. The number of carbonyl (C=O) groups excluding carboxylic acids is 2. The number of primary amides is 1. The van der Waals surface area contributed by atoms with Gasteiger partial charge in [-0.15, -0.1) is 12.6 Å². The summed E-state index contributed by atoms with van der Waals surface area (Å²) >= 11 is 4.68. The van der Waals surface area contributed by atoms with Gasteiger partial charge in [0.25, 0.3) is 0 Å². The Balaban J connectivity index is 2.17. The molecule has 1 saturated carbocycles. The lowest BCUT2D eigenvalue weighted by Gasteiger charge is -2.60. The molecule has 2 fully saturated rings. The van der Waals surface area contributed by atoms with E-state index >= 15 is 0 Å². The summed E-state index contributed by atoms with van der Waals surface area (Å²) in [5.41, 5.74) is 7.03. The monoisotopic (exact) mass is 416 g/mol. The molecule has 158 valence electrons. The van der Waals surface area contributed by atoms with Gasteiger partial charge in [-0.05, 0) is 64.3 Å². The predicted molar refractivity (Wildman–Crippen MR) is 118 cm³/mol. The van der Waals surface area contributed by atoms with Crippen LogP contribution in [0.1, 0.15) is 67.9 Å². The number of carbonyl (C=O) groups is 2. The number of nitrogens with zero attached hydrogens (tertiary/aromatic N) is 1. The van der Waals surface area contributed by atoms with Crippen LogP contribution in [-0.4, -0.2) is 46.4 Å². The van der Waals surface area contributed by atoms with Crippen molar-refractivity contribution in [3.05, 3.63) is 40.5 Å². The van der Waals surface area contributed by atoms with E-state index in [1.54, 1.807) is 6.07 Å². The highest BCUT2D eigenvalue weighted by molar-refractivity contribution is 7.80. The molecule has 1 aliphatic heterocycles. The number of aliphatic hydroxyl groups is 1. The third-order valence-corrected chi connectivity index (χ3v) is 7.51. The summed E-state index contributed by atoms with van der Waals surface area (Å²) in [6.45, 7) is 9.66. The fourth-order valence-electron chi connectivity index (χ4n) is 5.37. The molecule has 0 spiro atoms. The molecule has 0 radical (unpaired) electrons. The molecular weight excluding hydrogens is 384 g/mol. The smallest absolute Gasteiger partial charge is 0.249 e. The van der Waals surface area contributed by atoms with Crippen molar-refractivity contribution in [2.24, 2.45) is 5.73 Å². The number of amides is 1. The van der Waals surface area contributed by atoms with E-state index in [9.17, 15) is 14.7 Å². The zero-order valence-electron chi connectivity index (χ0n) is 17.8. The molecule has 1 aromatic rings. The SMILES string of the molecule is CC(C)=CCN1CC[C@]2(c3c(C)ccc(C(N)=O)c3S)CC(=O)CC[C@@]2(O)[C@H]1C. The molecule has 3 N–H and O–H groups in total. The van der Waals surface area contributed by atoms with Crippen LogP contribution in [-0.2, 0) is 10.2 Å². The number of hydrogen-bond acceptors (Lipinski definition) is 5. The zero-order chi connectivity index (χ0) is 21.6.